The standard InChI is InChI=1S/C28H33BN3O/c1-18(2)21-12-10-13-22(19(3)4)27(21)31-16-15-30(7)28(31)32-20(5)17-25-26(29(32)6)23-11-8-9-14-24(23)33-25/h8-19H,1-7H3/q+1. The second kappa shape index (κ2) is 7.98. The molecule has 0 N–H and O–H groups in total. The summed E-state index contributed by atoms with van der Waals surface area (Å²) >= 11 is 0. The summed E-state index contributed by atoms with van der Waals surface area (Å²) in [4.78, 5) is 2.45. The number of allylic oxidation sites excluding steroid dienone is 1. The van der Waals surface area contributed by atoms with E-state index in [0.717, 1.165) is 17.3 Å². The molecule has 0 saturated carbocycles. The number of rotatable bonds is 4. The molecule has 0 unspecified atom stereocenters. The molecule has 3 heterocycles. The summed E-state index contributed by atoms with van der Waals surface area (Å²) in [5, 5.41) is 1.19. The number of anilines is 1. The first-order valence-electron chi connectivity index (χ1n) is 12.0. The maximum atomic E-state index is 6.23. The summed E-state index contributed by atoms with van der Waals surface area (Å²) in [6.07, 6.45) is 6.56. The van der Waals surface area contributed by atoms with E-state index >= 15 is 0 Å². The van der Waals surface area contributed by atoms with E-state index in [9.17, 15) is 0 Å². The van der Waals surface area contributed by atoms with Gasteiger partial charge >= 0.3 is 12.8 Å². The van der Waals surface area contributed by atoms with Crippen LogP contribution in [0.5, 0.6) is 0 Å². The van der Waals surface area contributed by atoms with Gasteiger partial charge in [-0.1, -0.05) is 64.1 Å². The van der Waals surface area contributed by atoms with Gasteiger partial charge in [0.25, 0.3) is 0 Å². The van der Waals surface area contributed by atoms with Gasteiger partial charge in [0.05, 0.1) is 18.9 Å². The molecular weight excluding hydrogens is 405 g/mol. The number of hydrogen-bond acceptors (Lipinski definition) is 2. The Morgan fingerprint density at radius 3 is 2.27 bits per heavy atom. The molecule has 1 aliphatic rings. The third kappa shape index (κ3) is 3.33. The van der Waals surface area contributed by atoms with Crippen LogP contribution >= 0.6 is 0 Å². The molecular formula is C28H33BN3O+. The molecule has 0 aliphatic carbocycles. The lowest BCUT2D eigenvalue weighted by Crippen LogP contribution is -2.53. The maximum Gasteiger partial charge on any atom is 0.378 e. The molecule has 168 valence electrons. The van der Waals surface area contributed by atoms with E-state index < -0.39 is 0 Å². The van der Waals surface area contributed by atoms with Crippen molar-refractivity contribution >= 4 is 35.3 Å². The van der Waals surface area contributed by atoms with Crippen molar-refractivity contribution in [1.29, 1.82) is 0 Å². The van der Waals surface area contributed by atoms with Crippen molar-refractivity contribution in [1.82, 2.24) is 4.57 Å². The van der Waals surface area contributed by atoms with Crippen LogP contribution in [0.25, 0.3) is 22.7 Å². The van der Waals surface area contributed by atoms with Crippen LogP contribution in [0.15, 0.2) is 65.0 Å². The monoisotopic (exact) mass is 438 g/mol. The molecule has 2 aromatic carbocycles. The molecule has 4 nitrogen and oxygen atoms in total. The second-order valence-electron chi connectivity index (χ2n) is 9.88. The number of nitrogens with zero attached hydrogens (tertiary/aromatic N) is 3. The summed E-state index contributed by atoms with van der Waals surface area (Å²) in [6.45, 7) is 13.7. The van der Waals surface area contributed by atoms with Crippen molar-refractivity contribution in [2.45, 2.75) is 53.3 Å². The zero-order chi connectivity index (χ0) is 23.4. The number of benzene rings is 2. The summed E-state index contributed by atoms with van der Waals surface area (Å²) in [5.41, 5.74) is 7.44. The summed E-state index contributed by atoms with van der Waals surface area (Å²) < 4.78 is 10.9. The summed E-state index contributed by atoms with van der Waals surface area (Å²) in [7, 11) is 2.14. The van der Waals surface area contributed by atoms with Gasteiger partial charge in [0, 0.05) is 16.9 Å². The Kier molecular flexibility index (Phi) is 5.23. The number of fused-ring (bicyclic) bond motifs is 3. The zero-order valence-electron chi connectivity index (χ0n) is 20.8. The van der Waals surface area contributed by atoms with E-state index in [1.165, 1.54) is 33.4 Å². The molecule has 0 atom stereocenters. The minimum Gasteiger partial charge on any atom is -0.457 e. The molecule has 0 fully saturated rings. The van der Waals surface area contributed by atoms with Crippen molar-refractivity contribution in [3.63, 3.8) is 0 Å². The zero-order valence-corrected chi connectivity index (χ0v) is 20.8. The van der Waals surface area contributed by atoms with Crippen LogP contribution in [0.4, 0.5) is 5.95 Å². The van der Waals surface area contributed by atoms with Gasteiger partial charge in [0.15, 0.2) is 0 Å². The Labute approximate surface area is 197 Å². The molecule has 0 saturated heterocycles. The summed E-state index contributed by atoms with van der Waals surface area (Å²) in [6, 6.07) is 15.1. The number of hydrogen-bond donors (Lipinski definition) is 0. The lowest BCUT2D eigenvalue weighted by molar-refractivity contribution is -0.657. The SMILES string of the molecule is CB1c2c(oc3ccccc23)C=C(C)N1c1n(-c2c(C(C)C)cccc2C(C)C)cc[n+]1C. The lowest BCUT2D eigenvalue weighted by Gasteiger charge is -2.28. The number of aryl methyl sites for hydroxylation is 1. The van der Waals surface area contributed by atoms with E-state index in [0.29, 0.717) is 11.8 Å². The number of aromatic nitrogens is 2. The van der Waals surface area contributed by atoms with Crippen molar-refractivity contribution in [3.05, 3.63) is 77.4 Å². The largest absolute Gasteiger partial charge is 0.457 e. The normalized spacial score (nSPS) is 13.9. The van der Waals surface area contributed by atoms with Crippen LogP contribution in [0.1, 0.15) is 63.3 Å². The molecule has 0 bridgehead atoms. The summed E-state index contributed by atoms with van der Waals surface area (Å²) in [5.74, 6) is 2.99. The van der Waals surface area contributed by atoms with Crippen LogP contribution in [0, 0.1) is 0 Å². The Hall–Kier alpha value is -3.21. The Morgan fingerprint density at radius 1 is 0.939 bits per heavy atom. The van der Waals surface area contributed by atoms with Gasteiger partial charge in [0.2, 0.25) is 0 Å². The molecule has 4 aromatic rings. The Bertz CT molecular complexity index is 1350. The van der Waals surface area contributed by atoms with E-state index in [1.807, 2.05) is 6.07 Å². The Balaban J connectivity index is 1.74. The van der Waals surface area contributed by atoms with Gasteiger partial charge in [-0.25, -0.2) is 9.13 Å². The van der Waals surface area contributed by atoms with Gasteiger partial charge in [-0.2, -0.15) is 0 Å². The first-order valence-corrected chi connectivity index (χ1v) is 12.0. The lowest BCUT2D eigenvalue weighted by atomic mass is 9.54. The molecule has 33 heavy (non-hydrogen) atoms. The van der Waals surface area contributed by atoms with Crippen molar-refractivity contribution in [2.24, 2.45) is 7.05 Å². The van der Waals surface area contributed by atoms with Crippen LogP contribution < -0.4 is 14.8 Å². The smallest absolute Gasteiger partial charge is 0.378 e. The predicted octanol–water partition coefficient (Wildman–Crippen LogP) is 6.00. The van der Waals surface area contributed by atoms with Gasteiger partial charge < -0.3 is 4.42 Å². The van der Waals surface area contributed by atoms with Crippen molar-refractivity contribution in [2.75, 3.05) is 4.81 Å². The van der Waals surface area contributed by atoms with E-state index in [-0.39, 0.29) is 6.85 Å². The topological polar surface area (TPSA) is 25.2 Å². The van der Waals surface area contributed by atoms with Crippen LogP contribution in [0.3, 0.4) is 0 Å². The average Bonchev–Trinajstić information content (AvgIpc) is 3.33. The van der Waals surface area contributed by atoms with Crippen LogP contribution in [-0.2, 0) is 7.05 Å². The van der Waals surface area contributed by atoms with Crippen LogP contribution in [0.2, 0.25) is 6.82 Å². The molecule has 1 aliphatic heterocycles. The maximum absolute atomic E-state index is 6.23. The highest BCUT2D eigenvalue weighted by molar-refractivity contribution is 6.79. The predicted molar refractivity (Wildman–Crippen MR) is 139 cm³/mol. The van der Waals surface area contributed by atoms with Crippen molar-refractivity contribution in [3.8, 4) is 5.69 Å². The van der Waals surface area contributed by atoms with Gasteiger partial charge in [-0.05, 0) is 42.8 Å². The number of imidazole rings is 1. The molecule has 0 radical (unpaired) electrons. The molecule has 5 rings (SSSR count). The van der Waals surface area contributed by atoms with E-state index in [2.05, 4.69) is 117 Å². The molecule has 0 amide bonds. The number of furan rings is 1. The molecule has 5 heteroatoms. The fourth-order valence-electron chi connectivity index (χ4n) is 5.37. The second-order valence-corrected chi connectivity index (χ2v) is 9.88. The average molecular weight is 438 g/mol. The Morgan fingerprint density at radius 2 is 1.61 bits per heavy atom. The van der Waals surface area contributed by atoms with Gasteiger partial charge in [0.1, 0.15) is 23.2 Å². The molecule has 0 spiro atoms. The highest BCUT2D eigenvalue weighted by Crippen LogP contribution is 2.35. The fraction of sp³-hybridized carbons (Fsp3) is 0.321. The van der Waals surface area contributed by atoms with E-state index in [1.54, 1.807) is 0 Å². The van der Waals surface area contributed by atoms with Gasteiger partial charge in [-0.15, -0.1) is 0 Å². The molecule has 2 aromatic heterocycles. The highest BCUT2D eigenvalue weighted by Gasteiger charge is 2.41. The fourth-order valence-corrected chi connectivity index (χ4v) is 5.37. The minimum atomic E-state index is 0.141. The minimum absolute atomic E-state index is 0.141. The van der Waals surface area contributed by atoms with Gasteiger partial charge in [-0.3, -0.25) is 4.81 Å². The van der Waals surface area contributed by atoms with Crippen LogP contribution in [-0.4, -0.2) is 11.4 Å². The first kappa shape index (κ1) is 21.6. The third-order valence-corrected chi connectivity index (χ3v) is 6.96. The highest BCUT2D eigenvalue weighted by atomic mass is 16.3. The van der Waals surface area contributed by atoms with E-state index in [4.69, 9.17) is 4.42 Å². The third-order valence-electron chi connectivity index (χ3n) is 6.96. The quantitative estimate of drug-likeness (QED) is 0.288. The van der Waals surface area contributed by atoms with Crippen molar-refractivity contribution < 1.29 is 8.98 Å². The number of para-hydroxylation sites is 2. The first-order chi connectivity index (χ1) is 15.8.